The summed E-state index contributed by atoms with van der Waals surface area (Å²) in [5.74, 6) is 0.827. The Hall–Kier alpha value is -1.39. The number of hydrogen-bond donors (Lipinski definition) is 1. The topological polar surface area (TPSA) is 41.3 Å². The average molecular weight is 273 g/mol. The third kappa shape index (κ3) is 2.86. The molecule has 0 unspecified atom stereocenters. The molecule has 0 aliphatic carbocycles. The molecule has 2 aromatic rings. The van der Waals surface area contributed by atoms with Gasteiger partial charge in [-0.1, -0.05) is 26.8 Å². The van der Waals surface area contributed by atoms with Crippen LogP contribution in [0.1, 0.15) is 32.2 Å². The summed E-state index contributed by atoms with van der Waals surface area (Å²) in [7, 11) is 0. The summed E-state index contributed by atoms with van der Waals surface area (Å²) in [5, 5.41) is 3.36. The lowest BCUT2D eigenvalue weighted by atomic mass is 9.87. The fourth-order valence-electron chi connectivity index (χ4n) is 2.57. The zero-order valence-corrected chi connectivity index (χ0v) is 12.6. The maximum atomic E-state index is 5.87. The monoisotopic (exact) mass is 273 g/mol. The highest BCUT2D eigenvalue weighted by molar-refractivity contribution is 5.73. The van der Waals surface area contributed by atoms with E-state index >= 15 is 0 Å². The number of benzene rings is 1. The van der Waals surface area contributed by atoms with Crippen LogP contribution in [0.4, 0.5) is 0 Å². The van der Waals surface area contributed by atoms with Crippen molar-refractivity contribution in [3.8, 4) is 0 Å². The predicted molar refractivity (Wildman–Crippen MR) is 80.9 cm³/mol. The fourth-order valence-corrected chi connectivity index (χ4v) is 2.57. The van der Waals surface area contributed by atoms with Crippen LogP contribution < -0.4 is 5.32 Å². The molecule has 1 aliphatic heterocycles. The molecule has 1 aromatic heterocycles. The molecule has 1 aliphatic rings. The summed E-state index contributed by atoms with van der Waals surface area (Å²) in [5.41, 5.74) is 3.31. The maximum absolute atomic E-state index is 5.87. The van der Waals surface area contributed by atoms with Gasteiger partial charge in [0.25, 0.3) is 0 Å². The first kappa shape index (κ1) is 13.6. The number of hydrogen-bond acceptors (Lipinski definition) is 4. The van der Waals surface area contributed by atoms with E-state index < -0.39 is 0 Å². The van der Waals surface area contributed by atoms with Crippen LogP contribution >= 0.6 is 0 Å². The molecule has 0 saturated carbocycles. The normalized spacial score (nSPS) is 17.8. The predicted octanol–water partition coefficient (Wildman–Crippen LogP) is 2.53. The second-order valence-electron chi connectivity index (χ2n) is 6.57. The Balaban J connectivity index is 1.83. The largest absolute Gasteiger partial charge is 0.439 e. The first-order valence-corrected chi connectivity index (χ1v) is 7.35. The SMILES string of the molecule is CC(C)(C)c1ccc2oc(CN3CCNCC3)nc2c1. The number of piperazine rings is 1. The lowest BCUT2D eigenvalue weighted by molar-refractivity contribution is 0.214. The van der Waals surface area contributed by atoms with Crippen LogP contribution in [0.5, 0.6) is 0 Å². The lowest BCUT2D eigenvalue weighted by Gasteiger charge is -2.25. The molecule has 1 saturated heterocycles. The summed E-state index contributed by atoms with van der Waals surface area (Å²) in [4.78, 5) is 7.03. The van der Waals surface area contributed by atoms with Gasteiger partial charge in [-0.2, -0.15) is 0 Å². The van der Waals surface area contributed by atoms with Crippen molar-refractivity contribution in [2.45, 2.75) is 32.7 Å². The molecule has 20 heavy (non-hydrogen) atoms. The maximum Gasteiger partial charge on any atom is 0.209 e. The van der Waals surface area contributed by atoms with E-state index in [-0.39, 0.29) is 5.41 Å². The molecule has 108 valence electrons. The molecule has 1 fully saturated rings. The van der Waals surface area contributed by atoms with Gasteiger partial charge in [0.05, 0.1) is 6.54 Å². The van der Waals surface area contributed by atoms with E-state index in [9.17, 15) is 0 Å². The molecule has 3 rings (SSSR count). The second kappa shape index (κ2) is 5.19. The van der Waals surface area contributed by atoms with Crippen molar-refractivity contribution >= 4 is 11.1 Å². The Bertz CT molecular complexity index is 591. The number of aromatic nitrogens is 1. The van der Waals surface area contributed by atoms with Crippen LogP contribution in [0.15, 0.2) is 22.6 Å². The average Bonchev–Trinajstić information content (AvgIpc) is 2.80. The Labute approximate surface area is 120 Å². The summed E-state index contributed by atoms with van der Waals surface area (Å²) >= 11 is 0. The smallest absolute Gasteiger partial charge is 0.209 e. The van der Waals surface area contributed by atoms with E-state index in [1.807, 2.05) is 6.07 Å². The van der Waals surface area contributed by atoms with Gasteiger partial charge in [-0.15, -0.1) is 0 Å². The van der Waals surface area contributed by atoms with Gasteiger partial charge >= 0.3 is 0 Å². The number of rotatable bonds is 2. The van der Waals surface area contributed by atoms with Crippen LogP contribution in [0.2, 0.25) is 0 Å². The van der Waals surface area contributed by atoms with Gasteiger partial charge in [-0.25, -0.2) is 4.98 Å². The molecule has 0 bridgehead atoms. The molecule has 1 N–H and O–H groups in total. The van der Waals surface area contributed by atoms with Crippen molar-refractivity contribution in [2.24, 2.45) is 0 Å². The summed E-state index contributed by atoms with van der Waals surface area (Å²) < 4.78 is 5.87. The minimum atomic E-state index is 0.145. The summed E-state index contributed by atoms with van der Waals surface area (Å²) in [6.45, 7) is 11.7. The zero-order valence-electron chi connectivity index (χ0n) is 12.6. The van der Waals surface area contributed by atoms with Gasteiger partial charge in [0, 0.05) is 26.2 Å². The standard InChI is InChI=1S/C16H23N3O/c1-16(2,3)12-4-5-14-13(10-12)18-15(20-14)11-19-8-6-17-7-9-19/h4-5,10,17H,6-9,11H2,1-3H3. The van der Waals surface area contributed by atoms with Gasteiger partial charge in [0.2, 0.25) is 5.89 Å². The van der Waals surface area contributed by atoms with Crippen molar-refractivity contribution in [1.29, 1.82) is 0 Å². The summed E-state index contributed by atoms with van der Waals surface area (Å²) in [6.07, 6.45) is 0. The van der Waals surface area contributed by atoms with Crippen LogP contribution in [-0.4, -0.2) is 36.1 Å². The number of nitrogens with one attached hydrogen (secondary N) is 1. The second-order valence-corrected chi connectivity index (χ2v) is 6.57. The first-order chi connectivity index (χ1) is 9.52. The van der Waals surface area contributed by atoms with Gasteiger partial charge in [-0.05, 0) is 23.1 Å². The van der Waals surface area contributed by atoms with E-state index in [1.54, 1.807) is 0 Å². The molecule has 0 atom stereocenters. The van der Waals surface area contributed by atoms with Crippen molar-refractivity contribution in [3.63, 3.8) is 0 Å². The van der Waals surface area contributed by atoms with Crippen molar-refractivity contribution < 1.29 is 4.42 Å². The highest BCUT2D eigenvalue weighted by Crippen LogP contribution is 2.26. The Morgan fingerprint density at radius 3 is 2.70 bits per heavy atom. The van der Waals surface area contributed by atoms with E-state index in [0.717, 1.165) is 49.7 Å². The minimum absolute atomic E-state index is 0.145. The third-order valence-corrected chi connectivity index (χ3v) is 3.87. The highest BCUT2D eigenvalue weighted by Gasteiger charge is 2.17. The fraction of sp³-hybridized carbons (Fsp3) is 0.562. The zero-order chi connectivity index (χ0) is 14.2. The Kier molecular flexibility index (Phi) is 3.52. The van der Waals surface area contributed by atoms with Crippen molar-refractivity contribution in [3.05, 3.63) is 29.7 Å². The van der Waals surface area contributed by atoms with Gasteiger partial charge in [0.1, 0.15) is 5.52 Å². The van der Waals surface area contributed by atoms with Gasteiger partial charge < -0.3 is 9.73 Å². The first-order valence-electron chi connectivity index (χ1n) is 7.35. The molecule has 2 heterocycles. The Morgan fingerprint density at radius 1 is 1.25 bits per heavy atom. The minimum Gasteiger partial charge on any atom is -0.439 e. The van der Waals surface area contributed by atoms with E-state index in [1.165, 1.54) is 5.56 Å². The van der Waals surface area contributed by atoms with Gasteiger partial charge in [-0.3, -0.25) is 4.90 Å². The van der Waals surface area contributed by atoms with E-state index in [4.69, 9.17) is 4.42 Å². The number of nitrogens with zero attached hydrogens (tertiary/aromatic N) is 2. The van der Waals surface area contributed by atoms with E-state index in [0.29, 0.717) is 0 Å². The highest BCUT2D eigenvalue weighted by atomic mass is 16.3. The van der Waals surface area contributed by atoms with Gasteiger partial charge in [0.15, 0.2) is 5.58 Å². The molecular formula is C16H23N3O. The number of fused-ring (bicyclic) bond motifs is 1. The van der Waals surface area contributed by atoms with Crippen molar-refractivity contribution in [2.75, 3.05) is 26.2 Å². The van der Waals surface area contributed by atoms with Crippen LogP contribution in [0.3, 0.4) is 0 Å². The molecule has 0 spiro atoms. The lowest BCUT2D eigenvalue weighted by Crippen LogP contribution is -2.42. The molecule has 1 aromatic carbocycles. The molecule has 4 nitrogen and oxygen atoms in total. The number of oxazole rings is 1. The third-order valence-electron chi connectivity index (χ3n) is 3.87. The molecule has 0 amide bonds. The summed E-state index contributed by atoms with van der Waals surface area (Å²) in [6, 6.07) is 6.34. The Morgan fingerprint density at radius 2 is 2.00 bits per heavy atom. The molecule has 0 radical (unpaired) electrons. The van der Waals surface area contributed by atoms with Crippen LogP contribution in [0, 0.1) is 0 Å². The van der Waals surface area contributed by atoms with Crippen molar-refractivity contribution in [1.82, 2.24) is 15.2 Å². The quantitative estimate of drug-likeness (QED) is 0.913. The van der Waals surface area contributed by atoms with Crippen LogP contribution in [-0.2, 0) is 12.0 Å². The van der Waals surface area contributed by atoms with E-state index in [2.05, 4.69) is 48.1 Å². The molecular weight excluding hydrogens is 250 g/mol. The molecule has 4 heteroatoms. The van der Waals surface area contributed by atoms with Crippen LogP contribution in [0.25, 0.3) is 11.1 Å².